The lowest BCUT2D eigenvalue weighted by Crippen LogP contribution is -2.05. The highest BCUT2D eigenvalue weighted by atomic mass is 32.2. The predicted molar refractivity (Wildman–Crippen MR) is 66.4 cm³/mol. The Morgan fingerprint density at radius 3 is 2.78 bits per heavy atom. The van der Waals surface area contributed by atoms with Crippen molar-refractivity contribution in [2.75, 3.05) is 0 Å². The van der Waals surface area contributed by atoms with Gasteiger partial charge in [-0.15, -0.1) is 11.8 Å². The van der Waals surface area contributed by atoms with Gasteiger partial charge in [0.25, 0.3) is 0 Å². The number of hydrogen-bond acceptors (Lipinski definition) is 2. The molecule has 0 radical (unpaired) electrons. The number of aliphatic hydroxyl groups is 1. The lowest BCUT2D eigenvalue weighted by Gasteiger charge is -2.14. The number of halogens is 2. The molecule has 0 fully saturated rings. The number of aliphatic hydroxyl groups excluding tert-OH is 1. The summed E-state index contributed by atoms with van der Waals surface area (Å²) in [5.41, 5.74) is -2.03. The molecule has 0 spiro atoms. The van der Waals surface area contributed by atoms with E-state index in [4.69, 9.17) is 2.74 Å². The summed E-state index contributed by atoms with van der Waals surface area (Å²) in [6.45, 7) is 0. The van der Waals surface area contributed by atoms with Gasteiger partial charge in [-0.1, -0.05) is 24.3 Å². The molecule has 0 bridgehead atoms. The number of benzene rings is 2. The molecule has 18 heavy (non-hydrogen) atoms. The van der Waals surface area contributed by atoms with E-state index in [1.807, 2.05) is 0 Å². The fourth-order valence-corrected chi connectivity index (χ4v) is 2.83. The first kappa shape index (κ1) is 9.53. The Morgan fingerprint density at radius 2 is 1.94 bits per heavy atom. The van der Waals surface area contributed by atoms with Gasteiger partial charge in [0.1, 0.15) is 6.10 Å². The molecular weight excluding hydrogens is 254 g/mol. The minimum absolute atomic E-state index is 0.0614. The molecule has 92 valence electrons. The maximum atomic E-state index is 14.0. The summed E-state index contributed by atoms with van der Waals surface area (Å²) < 4.78 is 43.5. The van der Waals surface area contributed by atoms with Crippen molar-refractivity contribution in [3.8, 4) is 0 Å². The van der Waals surface area contributed by atoms with Gasteiger partial charge in [-0.25, -0.2) is 8.78 Å². The molecule has 1 heterocycles. The third-order valence-electron chi connectivity index (χ3n) is 2.90. The van der Waals surface area contributed by atoms with Crippen LogP contribution < -0.4 is 0 Å². The van der Waals surface area contributed by atoms with E-state index in [-0.39, 0.29) is 5.56 Å². The monoisotopic (exact) mass is 266 g/mol. The quantitative estimate of drug-likeness (QED) is 0.785. The zero-order valence-corrected chi connectivity index (χ0v) is 9.97. The molecule has 1 atom stereocenters. The molecular formula is C14H10F2OS. The van der Waals surface area contributed by atoms with Gasteiger partial charge in [-0.05, 0) is 23.3 Å². The molecule has 0 amide bonds. The van der Waals surface area contributed by atoms with Crippen molar-refractivity contribution in [3.63, 3.8) is 0 Å². The summed E-state index contributed by atoms with van der Waals surface area (Å²) >= 11 is 0.771. The summed E-state index contributed by atoms with van der Waals surface area (Å²) in [6.07, 6.45) is -1.18. The van der Waals surface area contributed by atoms with E-state index in [0.717, 1.165) is 17.8 Å². The second-order valence-electron chi connectivity index (χ2n) is 3.97. The molecule has 0 aliphatic carbocycles. The van der Waals surface area contributed by atoms with Crippen LogP contribution in [0.3, 0.4) is 0 Å². The van der Waals surface area contributed by atoms with Crippen LogP contribution in [0.2, 0.25) is 0 Å². The Hall–Kier alpha value is -1.39. The van der Waals surface area contributed by atoms with Gasteiger partial charge in [-0.3, -0.25) is 0 Å². The first-order valence-corrected chi connectivity index (χ1v) is 6.18. The van der Waals surface area contributed by atoms with Crippen LogP contribution in [0.5, 0.6) is 0 Å². The van der Waals surface area contributed by atoms with Crippen molar-refractivity contribution in [3.05, 3.63) is 64.7 Å². The molecule has 4 heteroatoms. The highest BCUT2D eigenvalue weighted by Gasteiger charge is 2.25. The fourth-order valence-electron chi connectivity index (χ4n) is 1.97. The van der Waals surface area contributed by atoms with E-state index in [2.05, 4.69) is 0 Å². The fraction of sp³-hybridized carbons (Fsp3) is 0.143. The number of thioether (sulfide) groups is 1. The van der Waals surface area contributed by atoms with Crippen molar-refractivity contribution < 1.29 is 16.6 Å². The van der Waals surface area contributed by atoms with Gasteiger partial charge in [0, 0.05) is 18.9 Å². The van der Waals surface area contributed by atoms with Crippen molar-refractivity contribution in [2.45, 2.75) is 16.7 Å². The molecule has 1 N–H and O–H groups in total. The summed E-state index contributed by atoms with van der Waals surface area (Å²) in [7, 11) is 0. The zero-order valence-electron chi connectivity index (χ0n) is 11.2. The Balaban J connectivity index is 2.33. The van der Waals surface area contributed by atoms with Crippen LogP contribution in [-0.2, 0) is 5.70 Å². The van der Waals surface area contributed by atoms with Gasteiger partial charge in [0.15, 0.2) is 11.6 Å². The van der Waals surface area contributed by atoms with E-state index in [0.29, 0.717) is 10.5 Å². The van der Waals surface area contributed by atoms with Crippen LogP contribution in [0.25, 0.3) is 0 Å². The van der Waals surface area contributed by atoms with Crippen LogP contribution in [0.15, 0.2) is 41.3 Å². The number of fused-ring (bicyclic) bond motifs is 2. The van der Waals surface area contributed by atoms with E-state index in [1.54, 1.807) is 24.3 Å². The minimum Gasteiger partial charge on any atom is -0.384 e. The van der Waals surface area contributed by atoms with Crippen LogP contribution >= 0.6 is 11.8 Å². The van der Waals surface area contributed by atoms with Crippen molar-refractivity contribution in [1.82, 2.24) is 0 Å². The molecule has 3 rings (SSSR count). The smallest absolute Gasteiger partial charge is 0.163 e. The predicted octanol–water partition coefficient (Wildman–Crippen LogP) is 3.65. The molecule has 2 aromatic rings. The normalized spacial score (nSPS) is 22.3. The summed E-state index contributed by atoms with van der Waals surface area (Å²) in [6, 6.07) is 8.87. The maximum absolute atomic E-state index is 14.0. The average Bonchev–Trinajstić information content (AvgIpc) is 2.48. The van der Waals surface area contributed by atoms with Gasteiger partial charge in [0.05, 0.1) is 0 Å². The molecule has 1 aliphatic rings. The maximum Gasteiger partial charge on any atom is 0.163 e. The molecule has 0 saturated heterocycles. The van der Waals surface area contributed by atoms with Crippen LogP contribution in [0, 0.1) is 11.6 Å². The Morgan fingerprint density at radius 1 is 1.17 bits per heavy atom. The summed E-state index contributed by atoms with van der Waals surface area (Å²) in [5, 5.41) is 10.4. The second kappa shape index (κ2) is 4.37. The molecule has 1 nitrogen and oxygen atoms in total. The number of hydrogen-bond donors (Lipinski definition) is 1. The van der Waals surface area contributed by atoms with Crippen LogP contribution in [0.4, 0.5) is 8.78 Å². The molecule has 0 saturated carbocycles. The van der Waals surface area contributed by atoms with E-state index in [9.17, 15) is 13.9 Å². The largest absolute Gasteiger partial charge is 0.384 e. The minimum atomic E-state index is -2.16. The molecule has 2 aromatic carbocycles. The van der Waals surface area contributed by atoms with Gasteiger partial charge < -0.3 is 5.11 Å². The topological polar surface area (TPSA) is 20.2 Å². The third kappa shape index (κ3) is 1.72. The van der Waals surface area contributed by atoms with Crippen LogP contribution in [0.1, 0.15) is 25.5 Å². The summed E-state index contributed by atoms with van der Waals surface area (Å²) in [5.74, 6) is -2.36. The lowest BCUT2D eigenvalue weighted by molar-refractivity contribution is 0.216. The average molecular weight is 266 g/mol. The van der Waals surface area contributed by atoms with E-state index in [1.165, 1.54) is 6.07 Å². The first-order chi connectivity index (χ1) is 9.42. The summed E-state index contributed by atoms with van der Waals surface area (Å²) in [4.78, 5) is 0.515. The van der Waals surface area contributed by atoms with Gasteiger partial charge in [-0.2, -0.15) is 0 Å². The molecule has 0 aromatic heterocycles. The van der Waals surface area contributed by atoms with Gasteiger partial charge in [0.2, 0.25) is 0 Å². The van der Waals surface area contributed by atoms with E-state index >= 15 is 0 Å². The highest BCUT2D eigenvalue weighted by molar-refractivity contribution is 7.98. The first-order valence-electron chi connectivity index (χ1n) is 6.36. The molecule has 1 unspecified atom stereocenters. The SMILES string of the molecule is [2H]C1([2H])Sc2ccccc2C(O)c2ccc(F)c(F)c21. The Labute approximate surface area is 110 Å². The van der Waals surface area contributed by atoms with E-state index < -0.39 is 29.0 Å². The zero-order chi connectivity index (χ0) is 14.5. The third-order valence-corrected chi connectivity index (χ3v) is 3.80. The van der Waals surface area contributed by atoms with Gasteiger partial charge >= 0.3 is 0 Å². The molecule has 1 aliphatic heterocycles. The Bertz CT molecular complexity index is 691. The second-order valence-corrected chi connectivity index (χ2v) is 4.82. The van der Waals surface area contributed by atoms with Crippen molar-refractivity contribution in [2.24, 2.45) is 0 Å². The van der Waals surface area contributed by atoms with Crippen molar-refractivity contribution in [1.29, 1.82) is 0 Å². The highest BCUT2D eigenvalue weighted by Crippen LogP contribution is 2.40. The Kier molecular flexibility index (Phi) is 2.31. The van der Waals surface area contributed by atoms with Crippen molar-refractivity contribution >= 4 is 11.8 Å². The number of rotatable bonds is 0. The standard InChI is InChI=1S/C14H10F2OS/c15-11-6-5-8-10(13(11)16)7-18-12-4-2-1-3-9(12)14(8)17/h1-6,14,17H,7H2/i7D2. The van der Waals surface area contributed by atoms with Crippen LogP contribution in [-0.4, -0.2) is 5.11 Å². The lowest BCUT2D eigenvalue weighted by atomic mass is 9.97.